The van der Waals surface area contributed by atoms with Crippen molar-refractivity contribution in [1.29, 1.82) is 0 Å². The molecule has 7 nitrogen and oxygen atoms in total. The van der Waals surface area contributed by atoms with Gasteiger partial charge in [-0.1, -0.05) is 0 Å². The molecule has 3 aromatic rings. The van der Waals surface area contributed by atoms with Gasteiger partial charge in [-0.15, -0.1) is 0 Å². The highest BCUT2D eigenvalue weighted by Crippen LogP contribution is 2.31. The Hall–Kier alpha value is -3.68. The van der Waals surface area contributed by atoms with Crippen LogP contribution in [0.25, 0.3) is 10.8 Å². The first-order valence-electron chi connectivity index (χ1n) is 9.57. The van der Waals surface area contributed by atoms with E-state index in [4.69, 9.17) is 10.5 Å². The number of halogens is 1. The molecule has 0 atom stereocenters. The van der Waals surface area contributed by atoms with Gasteiger partial charge in [0, 0.05) is 71.6 Å². The van der Waals surface area contributed by atoms with E-state index in [2.05, 4.69) is 20.3 Å². The molecule has 0 aliphatic carbocycles. The molecule has 0 spiro atoms. The summed E-state index contributed by atoms with van der Waals surface area (Å²) in [7, 11) is 1.65. The maximum absolute atomic E-state index is 14.5. The summed E-state index contributed by atoms with van der Waals surface area (Å²) in [6.45, 7) is 2.56. The summed E-state index contributed by atoms with van der Waals surface area (Å²) in [6, 6.07) is 4.57. The maximum atomic E-state index is 14.5. The number of rotatable bonds is 5. The molecule has 0 unspecified atom stereocenters. The standard InChI is InChI=1S/C22H22FN5O2/c1-12(24)7-19(25-2)16-10-28-22(17-11-26-21(29)8-14(16)17)27-9-15-13-5-6-30-20(13)4-3-18(15)23/h3-4,7-8,10-11H,5-6,9,24H2,1-2H3,(H,26,29)(H,27,28)/b12-7-,25-19?. The number of hydrogen-bond acceptors (Lipinski definition) is 6. The molecule has 0 saturated carbocycles. The van der Waals surface area contributed by atoms with Crippen LogP contribution in [-0.2, 0) is 13.0 Å². The monoisotopic (exact) mass is 407 g/mol. The van der Waals surface area contributed by atoms with Crippen LogP contribution in [0, 0.1) is 5.82 Å². The molecule has 0 amide bonds. The minimum atomic E-state index is -0.287. The normalized spacial score (nSPS) is 14.0. The predicted octanol–water partition coefficient (Wildman–Crippen LogP) is 2.89. The van der Waals surface area contributed by atoms with Crippen molar-refractivity contribution in [3.05, 3.63) is 75.2 Å². The molecule has 0 bridgehead atoms. The van der Waals surface area contributed by atoms with Crippen molar-refractivity contribution in [3.8, 4) is 5.75 Å². The van der Waals surface area contributed by atoms with Crippen LogP contribution < -0.4 is 21.3 Å². The molecular formula is C22H22FN5O2. The summed E-state index contributed by atoms with van der Waals surface area (Å²) in [5.74, 6) is 0.966. The predicted molar refractivity (Wildman–Crippen MR) is 116 cm³/mol. The molecule has 1 aromatic carbocycles. The van der Waals surface area contributed by atoms with Crippen molar-refractivity contribution in [2.24, 2.45) is 10.7 Å². The minimum Gasteiger partial charge on any atom is -0.493 e. The zero-order valence-corrected chi connectivity index (χ0v) is 16.8. The van der Waals surface area contributed by atoms with Crippen LogP contribution in [-0.4, -0.2) is 29.3 Å². The molecule has 30 heavy (non-hydrogen) atoms. The number of aromatic amines is 1. The molecule has 8 heteroatoms. The SMILES string of the molecule is CN=C(/C=C(/C)N)c1cnc(NCc2c(F)ccc3c2CCO3)c2c[nH]c(=O)cc12. The molecule has 0 radical (unpaired) electrons. The van der Waals surface area contributed by atoms with Crippen LogP contribution in [0.15, 0.2) is 52.2 Å². The van der Waals surface area contributed by atoms with Crippen molar-refractivity contribution in [2.75, 3.05) is 19.0 Å². The highest BCUT2D eigenvalue weighted by Gasteiger charge is 2.20. The number of allylic oxidation sites excluding steroid dienone is 2. The van der Waals surface area contributed by atoms with E-state index in [0.717, 1.165) is 11.3 Å². The Morgan fingerprint density at radius 2 is 2.27 bits per heavy atom. The fourth-order valence-corrected chi connectivity index (χ4v) is 3.66. The molecule has 4 rings (SSSR count). The zero-order chi connectivity index (χ0) is 21.3. The van der Waals surface area contributed by atoms with Crippen molar-refractivity contribution in [3.63, 3.8) is 0 Å². The number of ether oxygens (including phenoxy) is 1. The lowest BCUT2D eigenvalue weighted by atomic mass is 10.0. The second-order valence-electron chi connectivity index (χ2n) is 7.10. The third-order valence-electron chi connectivity index (χ3n) is 5.05. The number of fused-ring (bicyclic) bond motifs is 2. The number of hydrogen-bond donors (Lipinski definition) is 3. The Morgan fingerprint density at radius 3 is 3.03 bits per heavy atom. The first-order chi connectivity index (χ1) is 14.5. The first-order valence-corrected chi connectivity index (χ1v) is 9.57. The van der Waals surface area contributed by atoms with Gasteiger partial charge in [0.25, 0.3) is 0 Å². The Bertz CT molecular complexity index is 1240. The molecule has 1 aliphatic rings. The van der Waals surface area contributed by atoms with Crippen LogP contribution in [0.2, 0.25) is 0 Å². The van der Waals surface area contributed by atoms with E-state index in [1.165, 1.54) is 12.1 Å². The van der Waals surface area contributed by atoms with Gasteiger partial charge < -0.3 is 20.8 Å². The van der Waals surface area contributed by atoms with Crippen LogP contribution in [0.4, 0.5) is 10.2 Å². The summed E-state index contributed by atoms with van der Waals surface area (Å²) >= 11 is 0. The third-order valence-corrected chi connectivity index (χ3v) is 5.05. The van der Waals surface area contributed by atoms with Gasteiger partial charge in [-0.25, -0.2) is 9.37 Å². The van der Waals surface area contributed by atoms with Gasteiger partial charge in [0.2, 0.25) is 5.56 Å². The largest absolute Gasteiger partial charge is 0.493 e. The molecule has 2 aromatic heterocycles. The Balaban J connectivity index is 1.75. The van der Waals surface area contributed by atoms with Crippen LogP contribution in [0.5, 0.6) is 5.75 Å². The number of nitrogens with two attached hydrogens (primary N) is 1. The molecule has 4 N–H and O–H groups in total. The van der Waals surface area contributed by atoms with Crippen molar-refractivity contribution in [2.45, 2.75) is 19.9 Å². The van der Waals surface area contributed by atoms with E-state index in [1.807, 2.05) is 0 Å². The van der Waals surface area contributed by atoms with E-state index >= 15 is 0 Å². The van der Waals surface area contributed by atoms with Crippen LogP contribution in [0.1, 0.15) is 23.6 Å². The number of aliphatic imine (C=N–C) groups is 1. The summed E-state index contributed by atoms with van der Waals surface area (Å²) in [5.41, 5.74) is 8.91. The molecule has 0 saturated heterocycles. The van der Waals surface area contributed by atoms with Gasteiger partial charge in [0.05, 0.1) is 12.3 Å². The number of nitrogens with zero attached hydrogens (tertiary/aromatic N) is 2. The second kappa shape index (κ2) is 7.98. The van der Waals surface area contributed by atoms with Crippen molar-refractivity contribution < 1.29 is 9.13 Å². The van der Waals surface area contributed by atoms with Crippen molar-refractivity contribution in [1.82, 2.24) is 9.97 Å². The van der Waals surface area contributed by atoms with Gasteiger partial charge >= 0.3 is 0 Å². The quantitative estimate of drug-likeness (QED) is 0.564. The molecular weight excluding hydrogens is 385 g/mol. The highest BCUT2D eigenvalue weighted by atomic mass is 19.1. The topological polar surface area (TPSA) is 105 Å². The van der Waals surface area contributed by atoms with Gasteiger partial charge in [0.1, 0.15) is 17.4 Å². The number of nitrogens with one attached hydrogen (secondary N) is 2. The number of H-pyrrole nitrogens is 1. The lowest BCUT2D eigenvalue weighted by Gasteiger charge is -2.14. The Kier molecular flexibility index (Phi) is 5.22. The Labute approximate surface area is 172 Å². The first kappa shape index (κ1) is 19.6. The minimum absolute atomic E-state index is 0.242. The summed E-state index contributed by atoms with van der Waals surface area (Å²) < 4.78 is 20.0. The van der Waals surface area contributed by atoms with E-state index < -0.39 is 0 Å². The van der Waals surface area contributed by atoms with Gasteiger partial charge in [-0.05, 0) is 25.1 Å². The fourth-order valence-electron chi connectivity index (χ4n) is 3.66. The van der Waals surface area contributed by atoms with Crippen LogP contribution in [0.3, 0.4) is 0 Å². The van der Waals surface area contributed by atoms with Gasteiger partial charge in [0.15, 0.2) is 0 Å². The average molecular weight is 407 g/mol. The summed E-state index contributed by atoms with van der Waals surface area (Å²) in [5, 5.41) is 4.58. The maximum Gasteiger partial charge on any atom is 0.248 e. The van der Waals surface area contributed by atoms with E-state index in [1.54, 1.807) is 38.5 Å². The number of aromatic nitrogens is 2. The molecule has 154 valence electrons. The summed E-state index contributed by atoms with van der Waals surface area (Å²) in [6.07, 6.45) is 5.64. The smallest absolute Gasteiger partial charge is 0.248 e. The van der Waals surface area contributed by atoms with Crippen molar-refractivity contribution >= 4 is 22.3 Å². The van der Waals surface area contributed by atoms with E-state index in [9.17, 15) is 9.18 Å². The lowest BCUT2D eigenvalue weighted by Crippen LogP contribution is -2.11. The average Bonchev–Trinajstić information content (AvgIpc) is 3.20. The summed E-state index contributed by atoms with van der Waals surface area (Å²) in [4.78, 5) is 23.5. The van der Waals surface area contributed by atoms with E-state index in [-0.39, 0.29) is 17.9 Å². The Morgan fingerprint density at radius 1 is 1.43 bits per heavy atom. The van der Waals surface area contributed by atoms with E-state index in [0.29, 0.717) is 52.2 Å². The third kappa shape index (κ3) is 3.63. The number of pyridine rings is 2. The molecule has 0 fully saturated rings. The number of anilines is 1. The van der Waals surface area contributed by atoms with Gasteiger partial charge in [-0.2, -0.15) is 0 Å². The molecule has 1 aliphatic heterocycles. The van der Waals surface area contributed by atoms with Crippen LogP contribution >= 0.6 is 0 Å². The fraction of sp³-hybridized carbons (Fsp3) is 0.227. The zero-order valence-electron chi connectivity index (χ0n) is 16.8. The lowest BCUT2D eigenvalue weighted by molar-refractivity contribution is 0.356. The highest BCUT2D eigenvalue weighted by molar-refractivity contribution is 6.17. The van der Waals surface area contributed by atoms with Gasteiger partial charge in [-0.3, -0.25) is 9.79 Å². The second-order valence-corrected chi connectivity index (χ2v) is 7.10. The number of benzene rings is 1. The molecule has 3 heterocycles.